The highest BCUT2D eigenvalue weighted by molar-refractivity contribution is 7.90. The summed E-state index contributed by atoms with van der Waals surface area (Å²) in [7, 11) is -4.09. The molecule has 0 aliphatic carbocycles. The van der Waals surface area contributed by atoms with E-state index < -0.39 is 28.3 Å². The summed E-state index contributed by atoms with van der Waals surface area (Å²) >= 11 is 0. The number of nitrogens with zero attached hydrogens (tertiary/aromatic N) is 1. The van der Waals surface area contributed by atoms with Crippen LogP contribution in [-0.4, -0.2) is 39.1 Å². The summed E-state index contributed by atoms with van der Waals surface area (Å²) in [5, 5.41) is 0. The molecule has 1 fully saturated rings. The lowest BCUT2D eigenvalue weighted by Crippen LogP contribution is -2.41. The van der Waals surface area contributed by atoms with Gasteiger partial charge in [0.1, 0.15) is 5.84 Å². The molecule has 8 heteroatoms. The molecule has 0 unspecified atom stereocenters. The number of hydrogen-bond donors (Lipinski definition) is 1. The van der Waals surface area contributed by atoms with Gasteiger partial charge in [0, 0.05) is 12.1 Å². The molecule has 0 bridgehead atoms. The Morgan fingerprint density at radius 2 is 1.76 bits per heavy atom. The monoisotopic (exact) mass is 364 g/mol. The molecule has 1 aromatic rings. The van der Waals surface area contributed by atoms with Gasteiger partial charge in [-0.05, 0) is 45.1 Å². The van der Waals surface area contributed by atoms with Gasteiger partial charge in [-0.25, -0.2) is 8.42 Å². The average Bonchev–Trinajstić information content (AvgIpc) is 2.86. The Morgan fingerprint density at radius 1 is 1.16 bits per heavy atom. The van der Waals surface area contributed by atoms with Crippen molar-refractivity contribution in [1.29, 1.82) is 0 Å². The van der Waals surface area contributed by atoms with Crippen LogP contribution in [0.1, 0.15) is 47.1 Å². The molecule has 136 valence electrons. The summed E-state index contributed by atoms with van der Waals surface area (Å²) in [5.74, 6) is 0.731. The number of rotatable bonds is 3. The van der Waals surface area contributed by atoms with E-state index in [-0.39, 0.29) is 4.90 Å². The van der Waals surface area contributed by atoms with Crippen LogP contribution in [0.5, 0.6) is 0 Å². The Bertz CT molecular complexity index is 815. The third kappa shape index (κ3) is 3.23. The Labute approximate surface area is 150 Å². The summed E-state index contributed by atoms with van der Waals surface area (Å²) in [6.45, 7) is 12.6. The molecule has 2 aliphatic rings. The summed E-state index contributed by atoms with van der Waals surface area (Å²) < 4.78 is 39.3. The molecule has 0 radical (unpaired) electrons. The van der Waals surface area contributed by atoms with Crippen LogP contribution in [0, 0.1) is 5.92 Å². The highest BCUT2D eigenvalue weighted by atomic mass is 32.2. The third-order valence-corrected chi connectivity index (χ3v) is 6.32. The fourth-order valence-corrected chi connectivity index (χ4v) is 3.95. The van der Waals surface area contributed by atoms with Gasteiger partial charge in [-0.3, -0.25) is 9.71 Å². The molecule has 1 N–H and O–H groups in total. The fraction of sp³-hybridized carbons (Fsp3) is 0.588. The quantitative estimate of drug-likeness (QED) is 0.828. The smallest absolute Gasteiger partial charge is 0.399 e. The number of benzene rings is 1. The topological polar surface area (TPSA) is 77.0 Å². The van der Waals surface area contributed by atoms with Crippen molar-refractivity contribution < 1.29 is 17.7 Å². The molecule has 3 rings (SSSR count). The first kappa shape index (κ1) is 18.4. The standard InChI is InChI=1S/C17H25BN2O4S/c1-11(2)10-19-15-13-9-12(7-8-14(13)25(21,22)20-15)18-23-16(3,4)17(5,6)24-18/h7-9,11H,10H2,1-6H3,(H,19,20). The van der Waals surface area contributed by atoms with E-state index in [1.165, 1.54) is 0 Å². The molecule has 0 saturated carbocycles. The van der Waals surface area contributed by atoms with Crippen LogP contribution in [0.4, 0.5) is 0 Å². The predicted molar refractivity (Wildman–Crippen MR) is 98.7 cm³/mol. The SMILES string of the molecule is CC(C)CN=C1NS(=O)(=O)c2ccc(B3OC(C)(C)C(C)(C)O3)cc21. The first-order valence-electron chi connectivity index (χ1n) is 8.50. The van der Waals surface area contributed by atoms with E-state index in [0.29, 0.717) is 23.9 Å². The Morgan fingerprint density at radius 3 is 2.32 bits per heavy atom. The molecule has 0 spiro atoms. The molecule has 25 heavy (non-hydrogen) atoms. The average molecular weight is 364 g/mol. The van der Waals surface area contributed by atoms with E-state index in [9.17, 15) is 8.42 Å². The second-order valence-electron chi connectivity index (χ2n) is 8.03. The first-order chi connectivity index (χ1) is 11.4. The summed E-state index contributed by atoms with van der Waals surface area (Å²) in [6.07, 6.45) is 0. The van der Waals surface area contributed by atoms with Crippen molar-refractivity contribution in [3.05, 3.63) is 23.8 Å². The van der Waals surface area contributed by atoms with Gasteiger partial charge in [0.15, 0.2) is 0 Å². The maximum Gasteiger partial charge on any atom is 0.494 e. The van der Waals surface area contributed by atoms with Crippen molar-refractivity contribution in [1.82, 2.24) is 4.72 Å². The Balaban J connectivity index is 1.99. The van der Waals surface area contributed by atoms with Crippen LogP contribution >= 0.6 is 0 Å². The minimum Gasteiger partial charge on any atom is -0.399 e. The van der Waals surface area contributed by atoms with Gasteiger partial charge in [-0.2, -0.15) is 0 Å². The van der Waals surface area contributed by atoms with Crippen molar-refractivity contribution in [3.63, 3.8) is 0 Å². The minimum atomic E-state index is -3.55. The zero-order valence-electron chi connectivity index (χ0n) is 15.6. The highest BCUT2D eigenvalue weighted by Crippen LogP contribution is 2.36. The molecule has 1 saturated heterocycles. The fourth-order valence-electron chi connectivity index (χ4n) is 2.72. The molecule has 2 aliphatic heterocycles. The minimum absolute atomic E-state index is 0.246. The number of nitrogens with one attached hydrogen (secondary N) is 1. The zero-order valence-corrected chi connectivity index (χ0v) is 16.4. The lowest BCUT2D eigenvalue weighted by Gasteiger charge is -2.32. The highest BCUT2D eigenvalue weighted by Gasteiger charge is 2.52. The normalized spacial score (nSPS) is 24.6. The zero-order chi connectivity index (χ0) is 18.6. The summed E-state index contributed by atoms with van der Waals surface area (Å²) in [6, 6.07) is 5.13. The number of aliphatic imine (C=N–C) groups is 1. The lowest BCUT2D eigenvalue weighted by molar-refractivity contribution is 0.00578. The number of fused-ring (bicyclic) bond motifs is 1. The third-order valence-electron chi connectivity index (χ3n) is 4.92. The van der Waals surface area contributed by atoms with E-state index in [1.54, 1.807) is 18.2 Å². The molecular weight excluding hydrogens is 339 g/mol. The Hall–Kier alpha value is -1.38. The maximum absolute atomic E-state index is 12.3. The van der Waals surface area contributed by atoms with Gasteiger partial charge in [0.05, 0.1) is 16.1 Å². The van der Waals surface area contributed by atoms with Crippen molar-refractivity contribution in [2.24, 2.45) is 10.9 Å². The van der Waals surface area contributed by atoms with E-state index in [4.69, 9.17) is 9.31 Å². The van der Waals surface area contributed by atoms with Gasteiger partial charge < -0.3 is 9.31 Å². The van der Waals surface area contributed by atoms with Gasteiger partial charge in [0.2, 0.25) is 0 Å². The van der Waals surface area contributed by atoms with Gasteiger partial charge in [-0.15, -0.1) is 0 Å². The molecule has 0 aromatic heterocycles. The van der Waals surface area contributed by atoms with Crippen LogP contribution in [0.15, 0.2) is 28.1 Å². The van der Waals surface area contributed by atoms with Crippen molar-refractivity contribution >= 4 is 28.4 Å². The molecule has 1 aromatic carbocycles. The van der Waals surface area contributed by atoms with Crippen molar-refractivity contribution in [2.45, 2.75) is 57.6 Å². The predicted octanol–water partition coefficient (Wildman–Crippen LogP) is 1.68. The Kier molecular flexibility index (Phi) is 4.29. The van der Waals surface area contributed by atoms with Crippen molar-refractivity contribution in [3.8, 4) is 0 Å². The van der Waals surface area contributed by atoms with Crippen LogP contribution < -0.4 is 10.2 Å². The van der Waals surface area contributed by atoms with E-state index in [0.717, 1.165) is 5.46 Å². The van der Waals surface area contributed by atoms with Crippen molar-refractivity contribution in [2.75, 3.05) is 6.54 Å². The number of hydrogen-bond acceptors (Lipinski definition) is 5. The van der Waals surface area contributed by atoms with Crippen LogP contribution in [0.25, 0.3) is 0 Å². The number of amidine groups is 1. The maximum atomic E-state index is 12.3. The second kappa shape index (κ2) is 5.82. The van der Waals surface area contributed by atoms with Gasteiger partial charge >= 0.3 is 7.12 Å². The van der Waals surface area contributed by atoms with Crippen LogP contribution in [-0.2, 0) is 19.3 Å². The van der Waals surface area contributed by atoms with Gasteiger partial charge in [-0.1, -0.05) is 26.0 Å². The van der Waals surface area contributed by atoms with Crippen LogP contribution in [0.2, 0.25) is 0 Å². The summed E-state index contributed by atoms with van der Waals surface area (Å²) in [4.78, 5) is 4.67. The molecule has 6 nitrogen and oxygen atoms in total. The molecule has 2 heterocycles. The molecule has 0 amide bonds. The lowest BCUT2D eigenvalue weighted by atomic mass is 9.78. The van der Waals surface area contributed by atoms with Gasteiger partial charge in [0.25, 0.3) is 10.0 Å². The summed E-state index contributed by atoms with van der Waals surface area (Å²) in [5.41, 5.74) is 0.465. The largest absolute Gasteiger partial charge is 0.494 e. The van der Waals surface area contributed by atoms with E-state index in [1.807, 2.05) is 41.5 Å². The second-order valence-corrected chi connectivity index (χ2v) is 9.68. The van der Waals surface area contributed by atoms with E-state index >= 15 is 0 Å². The number of sulfonamides is 1. The molecule has 0 atom stereocenters. The van der Waals surface area contributed by atoms with Crippen LogP contribution in [0.3, 0.4) is 0 Å². The molecular formula is C17H25BN2O4S. The first-order valence-corrected chi connectivity index (χ1v) is 9.98. The van der Waals surface area contributed by atoms with E-state index in [2.05, 4.69) is 9.71 Å².